The van der Waals surface area contributed by atoms with Gasteiger partial charge in [-0.25, -0.2) is 0 Å². The largest absolute Gasteiger partial charge is 0.492 e. The fourth-order valence-corrected chi connectivity index (χ4v) is 2.59. The Kier molecular flexibility index (Phi) is 6.90. The first-order valence-corrected chi connectivity index (χ1v) is 9.66. The summed E-state index contributed by atoms with van der Waals surface area (Å²) in [6.07, 6.45) is 3.25. The Hall–Kier alpha value is -2.83. The van der Waals surface area contributed by atoms with Gasteiger partial charge in [0.2, 0.25) is 0 Å². The molecule has 0 bridgehead atoms. The molecule has 0 saturated heterocycles. The van der Waals surface area contributed by atoms with Crippen molar-refractivity contribution in [3.05, 3.63) is 82.0 Å². The van der Waals surface area contributed by atoms with Gasteiger partial charge in [0.15, 0.2) is 0 Å². The van der Waals surface area contributed by atoms with Gasteiger partial charge < -0.3 is 14.4 Å². The van der Waals surface area contributed by atoms with E-state index in [0.717, 1.165) is 17.1 Å². The number of ether oxygens (including phenoxy) is 2. The maximum atomic E-state index is 12.5. The average Bonchev–Trinajstić information content (AvgIpc) is 2.72. The first-order valence-electron chi connectivity index (χ1n) is 9.28. The molecule has 2 aromatic heterocycles. The van der Waals surface area contributed by atoms with Crippen LogP contribution in [0.2, 0.25) is 5.02 Å². The molecule has 0 aliphatic rings. The third-order valence-electron chi connectivity index (χ3n) is 4.55. The quantitative estimate of drug-likeness (QED) is 0.562. The minimum atomic E-state index is -0.179. The highest BCUT2D eigenvalue weighted by molar-refractivity contribution is 6.30. The Bertz CT molecular complexity index is 985. The summed E-state index contributed by atoms with van der Waals surface area (Å²) in [6, 6.07) is 14.5. The van der Waals surface area contributed by atoms with Gasteiger partial charge in [0.1, 0.15) is 24.7 Å². The molecule has 3 rings (SSSR count). The van der Waals surface area contributed by atoms with E-state index in [1.807, 2.05) is 38.4 Å². The lowest BCUT2D eigenvalue weighted by Gasteiger charge is -2.20. The molecule has 0 N–H and O–H groups in total. The second-order valence-corrected chi connectivity index (χ2v) is 7.38. The van der Waals surface area contributed by atoms with Crippen molar-refractivity contribution in [3.63, 3.8) is 0 Å². The fraction of sp³-hybridized carbons (Fsp3) is 0.273. The van der Waals surface area contributed by atoms with Crippen LogP contribution in [0.15, 0.2) is 65.7 Å². The van der Waals surface area contributed by atoms with Crippen molar-refractivity contribution < 1.29 is 9.47 Å². The zero-order valence-corrected chi connectivity index (χ0v) is 17.5. The number of likely N-dealkylation sites (N-methyl/N-ethyl adjacent to an activating group) is 1. The molecule has 29 heavy (non-hydrogen) atoms. The summed E-state index contributed by atoms with van der Waals surface area (Å²) in [5.74, 6) is 1.26. The summed E-state index contributed by atoms with van der Waals surface area (Å²) in [4.78, 5) is 18.8. The monoisotopic (exact) mass is 413 g/mol. The SMILES string of the molecule is C[C@@H](COc1ccc(-n2ccc(OCc3ccc(Cl)cn3)cc2=O)cc1)N(C)C. The average molecular weight is 414 g/mol. The lowest BCUT2D eigenvalue weighted by Crippen LogP contribution is -2.30. The number of hydrogen-bond acceptors (Lipinski definition) is 5. The van der Waals surface area contributed by atoms with E-state index in [4.69, 9.17) is 21.1 Å². The molecule has 1 aromatic carbocycles. The van der Waals surface area contributed by atoms with Gasteiger partial charge >= 0.3 is 0 Å². The normalized spacial score (nSPS) is 12.0. The van der Waals surface area contributed by atoms with Crippen molar-refractivity contribution in [2.75, 3.05) is 20.7 Å². The predicted molar refractivity (Wildman–Crippen MR) is 114 cm³/mol. The lowest BCUT2D eigenvalue weighted by atomic mass is 10.3. The number of benzene rings is 1. The Balaban J connectivity index is 1.63. The van der Waals surface area contributed by atoms with Gasteiger partial charge in [-0.15, -0.1) is 0 Å². The highest BCUT2D eigenvalue weighted by Gasteiger charge is 2.07. The van der Waals surface area contributed by atoms with Crippen molar-refractivity contribution in [1.82, 2.24) is 14.5 Å². The Morgan fingerprint density at radius 3 is 2.45 bits per heavy atom. The third kappa shape index (κ3) is 5.82. The highest BCUT2D eigenvalue weighted by atomic mass is 35.5. The van der Waals surface area contributed by atoms with E-state index in [2.05, 4.69) is 16.8 Å². The molecule has 152 valence electrons. The lowest BCUT2D eigenvalue weighted by molar-refractivity contribution is 0.198. The summed E-state index contributed by atoms with van der Waals surface area (Å²) in [5.41, 5.74) is 1.31. The Morgan fingerprint density at radius 1 is 1.07 bits per heavy atom. The zero-order valence-electron chi connectivity index (χ0n) is 16.7. The van der Waals surface area contributed by atoms with E-state index < -0.39 is 0 Å². The molecule has 0 aliphatic heterocycles. The molecule has 0 amide bonds. The van der Waals surface area contributed by atoms with Crippen molar-refractivity contribution in [1.29, 1.82) is 0 Å². The van der Waals surface area contributed by atoms with Crippen molar-refractivity contribution in [2.45, 2.75) is 19.6 Å². The highest BCUT2D eigenvalue weighted by Crippen LogP contribution is 2.16. The number of rotatable bonds is 8. The van der Waals surface area contributed by atoms with Crippen molar-refractivity contribution in [2.24, 2.45) is 0 Å². The molecular formula is C22H24ClN3O3. The van der Waals surface area contributed by atoms with Gasteiger partial charge in [0, 0.05) is 30.2 Å². The molecule has 0 aliphatic carbocycles. The molecule has 0 saturated carbocycles. The minimum absolute atomic E-state index is 0.179. The molecule has 1 atom stereocenters. The van der Waals surface area contributed by atoms with E-state index in [9.17, 15) is 4.79 Å². The van der Waals surface area contributed by atoms with E-state index in [0.29, 0.717) is 23.4 Å². The van der Waals surface area contributed by atoms with Crippen LogP contribution in [0.1, 0.15) is 12.6 Å². The van der Waals surface area contributed by atoms with Crippen LogP contribution in [0, 0.1) is 0 Å². The van der Waals surface area contributed by atoms with Gasteiger partial charge in [0.05, 0.1) is 10.7 Å². The topological polar surface area (TPSA) is 56.6 Å². The molecule has 6 nitrogen and oxygen atoms in total. The first kappa shape index (κ1) is 20.9. The second kappa shape index (κ2) is 9.58. The standard InChI is InChI=1S/C22H24ClN3O3/c1-16(25(2)3)14-28-20-8-6-19(7-9-20)26-11-10-21(12-22(26)27)29-15-18-5-4-17(23)13-24-18/h4-13,16H,14-15H2,1-3H3/t16-/m0/s1. The number of pyridine rings is 2. The Morgan fingerprint density at radius 2 is 1.83 bits per heavy atom. The molecule has 0 unspecified atom stereocenters. The van der Waals surface area contributed by atoms with Crippen LogP contribution in [0.5, 0.6) is 11.5 Å². The molecule has 0 fully saturated rings. The van der Waals surface area contributed by atoms with Gasteiger partial charge in [-0.1, -0.05) is 11.6 Å². The zero-order chi connectivity index (χ0) is 20.8. The van der Waals surface area contributed by atoms with Crippen LogP contribution in [0.3, 0.4) is 0 Å². The molecule has 3 aromatic rings. The Labute approximate surface area is 175 Å². The van der Waals surface area contributed by atoms with E-state index >= 15 is 0 Å². The van der Waals surface area contributed by atoms with Gasteiger partial charge in [-0.05, 0) is 63.5 Å². The van der Waals surface area contributed by atoms with Gasteiger partial charge in [0.25, 0.3) is 5.56 Å². The summed E-state index contributed by atoms with van der Waals surface area (Å²) in [7, 11) is 4.03. The maximum Gasteiger partial charge on any atom is 0.258 e. The molecule has 2 heterocycles. The van der Waals surface area contributed by atoms with Crippen LogP contribution in [-0.4, -0.2) is 41.2 Å². The smallest absolute Gasteiger partial charge is 0.258 e. The summed E-state index contributed by atoms with van der Waals surface area (Å²) in [5, 5.41) is 0.569. The second-order valence-electron chi connectivity index (χ2n) is 6.94. The molecule has 0 radical (unpaired) electrons. The summed E-state index contributed by atoms with van der Waals surface area (Å²) < 4.78 is 13.0. The van der Waals surface area contributed by atoms with Crippen molar-refractivity contribution in [3.8, 4) is 17.2 Å². The summed E-state index contributed by atoms with van der Waals surface area (Å²) >= 11 is 5.82. The third-order valence-corrected chi connectivity index (χ3v) is 4.78. The van der Waals surface area contributed by atoms with E-state index in [1.54, 1.807) is 35.2 Å². The van der Waals surface area contributed by atoms with Crippen LogP contribution in [0.4, 0.5) is 0 Å². The van der Waals surface area contributed by atoms with Crippen LogP contribution < -0.4 is 15.0 Å². The van der Waals surface area contributed by atoms with Crippen molar-refractivity contribution >= 4 is 11.6 Å². The predicted octanol–water partition coefficient (Wildman–Crippen LogP) is 3.79. The van der Waals surface area contributed by atoms with Crippen LogP contribution in [0.25, 0.3) is 5.69 Å². The summed E-state index contributed by atoms with van der Waals surface area (Å²) in [6.45, 7) is 2.96. The van der Waals surface area contributed by atoms with Crippen LogP contribution >= 0.6 is 11.6 Å². The molecular weight excluding hydrogens is 390 g/mol. The minimum Gasteiger partial charge on any atom is -0.492 e. The maximum absolute atomic E-state index is 12.5. The molecule has 0 spiro atoms. The van der Waals surface area contributed by atoms with E-state index in [-0.39, 0.29) is 12.2 Å². The number of hydrogen-bond donors (Lipinski definition) is 0. The molecule has 7 heteroatoms. The number of nitrogens with zero attached hydrogens (tertiary/aromatic N) is 3. The first-order chi connectivity index (χ1) is 13.9. The van der Waals surface area contributed by atoms with Gasteiger partial charge in [-0.3, -0.25) is 14.3 Å². The number of halogens is 1. The fourth-order valence-electron chi connectivity index (χ4n) is 2.48. The number of aromatic nitrogens is 2. The van der Waals surface area contributed by atoms with E-state index in [1.165, 1.54) is 6.07 Å². The van der Waals surface area contributed by atoms with Crippen LogP contribution in [-0.2, 0) is 6.61 Å². The van der Waals surface area contributed by atoms with Gasteiger partial charge in [-0.2, -0.15) is 0 Å².